The van der Waals surface area contributed by atoms with Gasteiger partial charge in [0, 0.05) is 25.2 Å². The van der Waals surface area contributed by atoms with E-state index in [4.69, 9.17) is 15.2 Å². The molecular weight excluding hydrogens is 252 g/mol. The molecule has 1 fully saturated rings. The number of rotatable bonds is 7. The molecule has 1 aromatic rings. The Balaban J connectivity index is 1.94. The van der Waals surface area contributed by atoms with Gasteiger partial charge in [0.05, 0.1) is 13.2 Å². The summed E-state index contributed by atoms with van der Waals surface area (Å²) in [5, 5.41) is 0. The number of methoxy groups -OCH3 is 1. The van der Waals surface area contributed by atoms with Crippen molar-refractivity contribution < 1.29 is 9.47 Å². The van der Waals surface area contributed by atoms with Crippen LogP contribution in [-0.2, 0) is 11.3 Å². The fourth-order valence-corrected chi connectivity index (χ4v) is 2.95. The molecule has 0 aliphatic heterocycles. The van der Waals surface area contributed by atoms with Gasteiger partial charge in [-0.25, -0.2) is 0 Å². The van der Waals surface area contributed by atoms with Crippen LogP contribution < -0.4 is 10.5 Å². The van der Waals surface area contributed by atoms with Gasteiger partial charge in [0.25, 0.3) is 0 Å². The van der Waals surface area contributed by atoms with E-state index in [-0.39, 0.29) is 5.54 Å². The Hall–Kier alpha value is -1.10. The molecule has 0 radical (unpaired) electrons. The molecule has 0 aromatic heterocycles. The summed E-state index contributed by atoms with van der Waals surface area (Å²) in [6.07, 6.45) is 2.44. The van der Waals surface area contributed by atoms with E-state index in [1.807, 2.05) is 19.1 Å². The van der Waals surface area contributed by atoms with Crippen LogP contribution in [0.25, 0.3) is 0 Å². The van der Waals surface area contributed by atoms with Crippen molar-refractivity contribution in [1.29, 1.82) is 0 Å². The first kappa shape index (κ1) is 15.3. The van der Waals surface area contributed by atoms with Crippen LogP contribution in [0.5, 0.6) is 5.75 Å². The van der Waals surface area contributed by atoms with Crippen molar-refractivity contribution in [2.75, 3.05) is 27.3 Å². The first-order chi connectivity index (χ1) is 9.63. The van der Waals surface area contributed by atoms with Crippen LogP contribution in [0.15, 0.2) is 24.3 Å². The van der Waals surface area contributed by atoms with E-state index in [0.717, 1.165) is 31.7 Å². The average molecular weight is 278 g/mol. The molecule has 1 aromatic carbocycles. The fourth-order valence-electron chi connectivity index (χ4n) is 2.95. The Morgan fingerprint density at radius 3 is 2.45 bits per heavy atom. The molecule has 4 heteroatoms. The lowest BCUT2D eigenvalue weighted by atomic mass is 9.73. The smallest absolute Gasteiger partial charge is 0.118 e. The number of hydrogen-bond donors (Lipinski definition) is 1. The summed E-state index contributed by atoms with van der Waals surface area (Å²) in [4.78, 5) is 2.37. The van der Waals surface area contributed by atoms with E-state index in [1.165, 1.54) is 5.56 Å². The van der Waals surface area contributed by atoms with Crippen LogP contribution in [0.1, 0.15) is 25.3 Å². The summed E-state index contributed by atoms with van der Waals surface area (Å²) in [6, 6.07) is 8.22. The molecule has 1 aliphatic rings. The zero-order valence-electron chi connectivity index (χ0n) is 12.8. The predicted octanol–water partition coefficient (Wildman–Crippen LogP) is 2.02. The number of nitrogens with two attached hydrogens (primary N) is 1. The highest BCUT2D eigenvalue weighted by Crippen LogP contribution is 2.39. The van der Waals surface area contributed by atoms with Crippen LogP contribution in [0.4, 0.5) is 0 Å². The highest BCUT2D eigenvalue weighted by Gasteiger charge is 2.46. The molecule has 0 spiro atoms. The van der Waals surface area contributed by atoms with Gasteiger partial charge in [-0.2, -0.15) is 0 Å². The molecule has 0 amide bonds. The first-order valence-electron chi connectivity index (χ1n) is 7.29. The maximum atomic E-state index is 6.01. The minimum Gasteiger partial charge on any atom is -0.497 e. The van der Waals surface area contributed by atoms with Gasteiger partial charge in [0.15, 0.2) is 0 Å². The quantitative estimate of drug-likeness (QED) is 0.829. The zero-order chi connectivity index (χ0) is 14.6. The molecule has 0 bridgehead atoms. The number of hydrogen-bond acceptors (Lipinski definition) is 4. The molecule has 2 N–H and O–H groups in total. The van der Waals surface area contributed by atoms with Gasteiger partial charge in [0.1, 0.15) is 5.75 Å². The average Bonchev–Trinajstić information content (AvgIpc) is 2.43. The third-order valence-corrected chi connectivity index (χ3v) is 4.39. The molecule has 112 valence electrons. The van der Waals surface area contributed by atoms with Crippen LogP contribution >= 0.6 is 0 Å². The van der Waals surface area contributed by atoms with E-state index in [0.29, 0.717) is 12.6 Å². The summed E-state index contributed by atoms with van der Waals surface area (Å²) < 4.78 is 10.9. The number of benzene rings is 1. The van der Waals surface area contributed by atoms with Crippen molar-refractivity contribution in [1.82, 2.24) is 4.90 Å². The van der Waals surface area contributed by atoms with Crippen molar-refractivity contribution in [3.63, 3.8) is 0 Å². The Bertz CT molecular complexity index is 413. The number of nitrogens with zero attached hydrogens (tertiary/aromatic N) is 1. The van der Waals surface area contributed by atoms with Gasteiger partial charge in [-0.1, -0.05) is 12.1 Å². The van der Waals surface area contributed by atoms with Crippen molar-refractivity contribution in [3.05, 3.63) is 29.8 Å². The summed E-state index contributed by atoms with van der Waals surface area (Å²) in [5.74, 6) is 0.894. The molecular formula is C16H26N2O2. The van der Waals surface area contributed by atoms with Gasteiger partial charge in [-0.3, -0.25) is 4.90 Å². The molecule has 2 rings (SSSR count). The largest absolute Gasteiger partial charge is 0.497 e. The standard InChI is InChI=1S/C16H26N2O2/c1-4-20-15-9-16(10-15,12-17)18(2)11-13-5-7-14(19-3)8-6-13/h5-8,15H,4,9-12,17H2,1-3H3. The Kier molecular flexibility index (Phi) is 5.02. The normalized spacial score (nSPS) is 25.6. The number of ether oxygens (including phenoxy) is 2. The van der Waals surface area contributed by atoms with E-state index in [9.17, 15) is 0 Å². The van der Waals surface area contributed by atoms with Gasteiger partial charge in [0.2, 0.25) is 0 Å². The first-order valence-corrected chi connectivity index (χ1v) is 7.29. The lowest BCUT2D eigenvalue weighted by molar-refractivity contribution is -0.0947. The van der Waals surface area contributed by atoms with Gasteiger partial charge in [-0.05, 0) is 44.5 Å². The molecule has 0 saturated heterocycles. The monoisotopic (exact) mass is 278 g/mol. The van der Waals surface area contributed by atoms with E-state index in [1.54, 1.807) is 7.11 Å². The Morgan fingerprint density at radius 1 is 1.30 bits per heavy atom. The molecule has 1 saturated carbocycles. The van der Waals surface area contributed by atoms with Crippen molar-refractivity contribution in [2.24, 2.45) is 5.73 Å². The minimum absolute atomic E-state index is 0.0970. The summed E-state index contributed by atoms with van der Waals surface area (Å²) in [7, 11) is 3.84. The lowest BCUT2D eigenvalue weighted by Crippen LogP contribution is -2.62. The second-order valence-electron chi connectivity index (χ2n) is 5.62. The number of likely N-dealkylation sites (N-methyl/N-ethyl adjacent to an activating group) is 1. The second kappa shape index (κ2) is 6.57. The Labute approximate surface area is 121 Å². The van der Waals surface area contributed by atoms with Crippen molar-refractivity contribution in [2.45, 2.75) is 38.0 Å². The van der Waals surface area contributed by atoms with Crippen LogP contribution in [-0.4, -0.2) is 43.9 Å². The lowest BCUT2D eigenvalue weighted by Gasteiger charge is -2.52. The maximum Gasteiger partial charge on any atom is 0.118 e. The molecule has 4 nitrogen and oxygen atoms in total. The third-order valence-electron chi connectivity index (χ3n) is 4.39. The van der Waals surface area contributed by atoms with Gasteiger partial charge < -0.3 is 15.2 Å². The molecule has 0 heterocycles. The minimum atomic E-state index is 0.0970. The molecule has 0 atom stereocenters. The van der Waals surface area contributed by atoms with Crippen LogP contribution in [0, 0.1) is 0 Å². The molecule has 20 heavy (non-hydrogen) atoms. The zero-order valence-corrected chi connectivity index (χ0v) is 12.8. The van der Waals surface area contributed by atoms with Gasteiger partial charge in [-0.15, -0.1) is 0 Å². The second-order valence-corrected chi connectivity index (χ2v) is 5.62. The van der Waals surface area contributed by atoms with E-state index >= 15 is 0 Å². The topological polar surface area (TPSA) is 47.7 Å². The summed E-state index contributed by atoms with van der Waals surface area (Å²) in [6.45, 7) is 4.42. The van der Waals surface area contributed by atoms with Crippen LogP contribution in [0.2, 0.25) is 0 Å². The van der Waals surface area contributed by atoms with E-state index in [2.05, 4.69) is 24.1 Å². The molecule has 1 aliphatic carbocycles. The highest BCUT2D eigenvalue weighted by atomic mass is 16.5. The molecule has 0 unspecified atom stereocenters. The highest BCUT2D eigenvalue weighted by molar-refractivity contribution is 5.27. The maximum absolute atomic E-state index is 6.01. The summed E-state index contributed by atoms with van der Waals surface area (Å²) >= 11 is 0. The third kappa shape index (κ3) is 3.14. The van der Waals surface area contributed by atoms with Crippen molar-refractivity contribution >= 4 is 0 Å². The van der Waals surface area contributed by atoms with Crippen LogP contribution in [0.3, 0.4) is 0 Å². The predicted molar refractivity (Wildman–Crippen MR) is 80.9 cm³/mol. The van der Waals surface area contributed by atoms with Crippen molar-refractivity contribution in [3.8, 4) is 5.75 Å². The fraction of sp³-hybridized carbons (Fsp3) is 0.625. The Morgan fingerprint density at radius 2 is 1.95 bits per heavy atom. The van der Waals surface area contributed by atoms with E-state index < -0.39 is 0 Å². The van der Waals surface area contributed by atoms with Gasteiger partial charge >= 0.3 is 0 Å². The SMILES string of the molecule is CCOC1CC(CN)(N(C)Cc2ccc(OC)cc2)C1. The summed E-state index contributed by atoms with van der Waals surface area (Å²) in [5.41, 5.74) is 7.39.